The van der Waals surface area contributed by atoms with Gasteiger partial charge in [-0.2, -0.15) is 0 Å². The van der Waals surface area contributed by atoms with E-state index in [2.05, 4.69) is 10.3 Å². The average Bonchev–Trinajstić information content (AvgIpc) is 3.06. The van der Waals surface area contributed by atoms with Crippen LogP contribution in [0.2, 0.25) is 0 Å². The second-order valence-electron chi connectivity index (χ2n) is 8.65. The van der Waals surface area contributed by atoms with E-state index in [4.69, 9.17) is 0 Å². The molecule has 1 aliphatic carbocycles. The molecule has 1 aromatic heterocycles. The van der Waals surface area contributed by atoms with Crippen molar-refractivity contribution in [2.24, 2.45) is 5.92 Å². The van der Waals surface area contributed by atoms with Gasteiger partial charge in [-0.25, -0.2) is 13.2 Å². The lowest BCUT2D eigenvalue weighted by Crippen LogP contribution is -2.44. The fourth-order valence-corrected chi connectivity index (χ4v) is 4.27. The Morgan fingerprint density at radius 1 is 1.13 bits per heavy atom. The summed E-state index contributed by atoms with van der Waals surface area (Å²) in [6.07, 6.45) is 1.60. The number of aromatic nitrogens is 1. The second-order valence-corrected chi connectivity index (χ2v) is 8.65. The summed E-state index contributed by atoms with van der Waals surface area (Å²) in [4.78, 5) is 17.1. The molecular formula is C24H26F3N3O. The van der Waals surface area contributed by atoms with Gasteiger partial charge in [-0.15, -0.1) is 0 Å². The third kappa shape index (κ3) is 4.19. The number of halogens is 3. The highest BCUT2D eigenvalue weighted by molar-refractivity contribution is 5.92. The highest BCUT2D eigenvalue weighted by Gasteiger charge is 2.35. The van der Waals surface area contributed by atoms with E-state index in [0.29, 0.717) is 23.5 Å². The third-order valence-corrected chi connectivity index (χ3v) is 6.36. The minimum atomic E-state index is -0.648. The van der Waals surface area contributed by atoms with Crippen molar-refractivity contribution in [3.63, 3.8) is 0 Å². The predicted octanol–water partition coefficient (Wildman–Crippen LogP) is 4.81. The van der Waals surface area contributed by atoms with Gasteiger partial charge in [0.2, 0.25) is 5.91 Å². The minimum Gasteiger partial charge on any atom is -0.354 e. The average molecular weight is 429 g/mol. The summed E-state index contributed by atoms with van der Waals surface area (Å²) in [5, 5.41) is 3.51. The Bertz CT molecular complexity index is 1100. The molecule has 0 bridgehead atoms. The van der Waals surface area contributed by atoms with Crippen LogP contribution in [0.1, 0.15) is 31.2 Å². The van der Waals surface area contributed by atoms with E-state index in [1.54, 1.807) is 12.1 Å². The number of nitrogens with one attached hydrogen (secondary N) is 2. The molecule has 1 atom stereocenters. The molecule has 3 aromatic rings. The molecule has 1 amide bonds. The number of amides is 1. The van der Waals surface area contributed by atoms with Gasteiger partial charge in [0.05, 0.1) is 17.3 Å². The SMILES string of the molecule is CC(C(=O)NCC1CC(c2c(-c3ccc(F)cc3)[nH]c3c(F)cc(F)cc23)C1)N(C)C. The minimum absolute atomic E-state index is 0.0170. The Labute approximate surface area is 179 Å². The molecule has 2 N–H and O–H groups in total. The first kappa shape index (κ1) is 21.4. The highest BCUT2D eigenvalue weighted by atomic mass is 19.1. The fourth-order valence-electron chi connectivity index (χ4n) is 4.27. The predicted molar refractivity (Wildman–Crippen MR) is 115 cm³/mol. The standard InChI is InChI=1S/C24H26F3N3O/c1-13(30(2)3)24(31)28-12-14-8-16(9-14)21-19-10-18(26)11-20(27)23(19)29-22(21)15-4-6-17(25)7-5-15/h4-7,10-11,13-14,16,29H,8-9,12H2,1-3H3,(H,28,31). The molecule has 0 saturated heterocycles. The molecule has 31 heavy (non-hydrogen) atoms. The lowest BCUT2D eigenvalue weighted by atomic mass is 9.70. The maximum Gasteiger partial charge on any atom is 0.237 e. The molecule has 1 unspecified atom stereocenters. The van der Waals surface area contributed by atoms with Gasteiger partial charge in [-0.1, -0.05) is 0 Å². The van der Waals surface area contributed by atoms with E-state index in [0.717, 1.165) is 30.0 Å². The molecule has 4 rings (SSSR count). The van der Waals surface area contributed by atoms with Gasteiger partial charge in [-0.3, -0.25) is 9.69 Å². The van der Waals surface area contributed by atoms with Crippen molar-refractivity contribution < 1.29 is 18.0 Å². The van der Waals surface area contributed by atoms with Gasteiger partial charge in [0.15, 0.2) is 0 Å². The molecule has 0 aliphatic heterocycles. The molecular weight excluding hydrogens is 403 g/mol. The number of hydrogen-bond donors (Lipinski definition) is 2. The zero-order valence-corrected chi connectivity index (χ0v) is 17.8. The first-order chi connectivity index (χ1) is 14.7. The van der Waals surface area contributed by atoms with Crippen molar-refractivity contribution in [1.29, 1.82) is 0 Å². The highest BCUT2D eigenvalue weighted by Crippen LogP contribution is 2.48. The van der Waals surface area contributed by atoms with E-state index in [-0.39, 0.29) is 29.2 Å². The summed E-state index contributed by atoms with van der Waals surface area (Å²) in [6.45, 7) is 2.42. The van der Waals surface area contributed by atoms with E-state index in [1.807, 2.05) is 25.9 Å². The van der Waals surface area contributed by atoms with E-state index >= 15 is 0 Å². The topological polar surface area (TPSA) is 48.1 Å². The summed E-state index contributed by atoms with van der Waals surface area (Å²) in [6, 6.07) is 7.99. The van der Waals surface area contributed by atoms with Crippen molar-refractivity contribution in [1.82, 2.24) is 15.2 Å². The van der Waals surface area contributed by atoms with E-state index in [9.17, 15) is 18.0 Å². The lowest BCUT2D eigenvalue weighted by Gasteiger charge is -2.36. The van der Waals surface area contributed by atoms with Gasteiger partial charge in [0.25, 0.3) is 0 Å². The number of fused-ring (bicyclic) bond motifs is 1. The van der Waals surface area contributed by atoms with Crippen molar-refractivity contribution in [2.75, 3.05) is 20.6 Å². The van der Waals surface area contributed by atoms with Crippen LogP contribution in [-0.2, 0) is 4.79 Å². The quantitative estimate of drug-likeness (QED) is 0.591. The normalized spacial score (nSPS) is 19.5. The van der Waals surface area contributed by atoms with Gasteiger partial charge in [-0.05, 0) is 87.2 Å². The van der Waals surface area contributed by atoms with Crippen LogP contribution >= 0.6 is 0 Å². The Hall–Kier alpha value is -2.80. The number of carbonyl (C=O) groups is 1. The summed E-state index contributed by atoms with van der Waals surface area (Å²) >= 11 is 0. The van der Waals surface area contributed by atoms with E-state index in [1.165, 1.54) is 18.2 Å². The van der Waals surface area contributed by atoms with Crippen LogP contribution in [0.3, 0.4) is 0 Å². The molecule has 7 heteroatoms. The molecule has 1 aliphatic rings. The van der Waals surface area contributed by atoms with Crippen LogP contribution < -0.4 is 5.32 Å². The zero-order valence-electron chi connectivity index (χ0n) is 17.8. The largest absolute Gasteiger partial charge is 0.354 e. The molecule has 0 radical (unpaired) electrons. The summed E-state index contributed by atoms with van der Waals surface area (Å²) in [7, 11) is 3.71. The van der Waals surface area contributed by atoms with Crippen LogP contribution in [-0.4, -0.2) is 42.5 Å². The lowest BCUT2D eigenvalue weighted by molar-refractivity contribution is -0.125. The number of hydrogen-bond acceptors (Lipinski definition) is 2. The first-order valence-electron chi connectivity index (χ1n) is 10.4. The Kier molecular flexibility index (Phi) is 5.79. The van der Waals surface area contributed by atoms with E-state index < -0.39 is 11.6 Å². The van der Waals surface area contributed by atoms with Crippen LogP contribution in [0.5, 0.6) is 0 Å². The molecule has 2 aromatic carbocycles. The third-order valence-electron chi connectivity index (χ3n) is 6.36. The Morgan fingerprint density at radius 2 is 1.81 bits per heavy atom. The number of carbonyl (C=O) groups excluding carboxylic acids is 1. The summed E-state index contributed by atoms with van der Waals surface area (Å²) in [5.74, 6) is -1.25. The molecule has 4 nitrogen and oxygen atoms in total. The van der Waals surface area contributed by atoms with Crippen molar-refractivity contribution in [3.05, 3.63) is 59.4 Å². The van der Waals surface area contributed by atoms with Crippen LogP contribution in [0.25, 0.3) is 22.2 Å². The van der Waals surface area contributed by atoms with Crippen molar-refractivity contribution >= 4 is 16.8 Å². The molecule has 1 saturated carbocycles. The number of aromatic amines is 1. The zero-order chi connectivity index (χ0) is 22.3. The number of rotatable bonds is 6. The number of H-pyrrole nitrogens is 1. The molecule has 1 heterocycles. The van der Waals surface area contributed by atoms with Crippen molar-refractivity contribution in [2.45, 2.75) is 31.7 Å². The monoisotopic (exact) mass is 429 g/mol. The van der Waals surface area contributed by atoms with Crippen LogP contribution in [0.4, 0.5) is 13.2 Å². The first-order valence-corrected chi connectivity index (χ1v) is 10.4. The van der Waals surface area contributed by atoms with Crippen LogP contribution in [0, 0.1) is 23.4 Å². The van der Waals surface area contributed by atoms with Gasteiger partial charge >= 0.3 is 0 Å². The Morgan fingerprint density at radius 3 is 2.45 bits per heavy atom. The molecule has 164 valence electrons. The van der Waals surface area contributed by atoms with Crippen molar-refractivity contribution in [3.8, 4) is 11.3 Å². The van der Waals surface area contributed by atoms with Crippen LogP contribution in [0.15, 0.2) is 36.4 Å². The maximum absolute atomic E-state index is 14.5. The smallest absolute Gasteiger partial charge is 0.237 e. The van der Waals surface area contributed by atoms with Gasteiger partial charge in [0.1, 0.15) is 17.5 Å². The van der Waals surface area contributed by atoms with Gasteiger partial charge < -0.3 is 10.3 Å². The van der Waals surface area contributed by atoms with Gasteiger partial charge in [0, 0.05) is 18.0 Å². The second kappa shape index (κ2) is 8.38. The number of likely N-dealkylation sites (N-methyl/N-ethyl adjacent to an activating group) is 1. The maximum atomic E-state index is 14.5. The number of benzene rings is 2. The molecule has 0 spiro atoms. The summed E-state index contributed by atoms with van der Waals surface area (Å²) < 4.78 is 41.9. The summed E-state index contributed by atoms with van der Waals surface area (Å²) in [5.41, 5.74) is 2.52. The molecule has 1 fully saturated rings. The Balaban J connectivity index is 1.58. The number of nitrogens with zero attached hydrogens (tertiary/aromatic N) is 1. The fraction of sp³-hybridized carbons (Fsp3) is 0.375.